The van der Waals surface area contributed by atoms with Crippen LogP contribution >= 0.6 is 0 Å². The summed E-state index contributed by atoms with van der Waals surface area (Å²) in [6.45, 7) is 1.64. The zero-order valence-corrected chi connectivity index (χ0v) is 16.6. The molecule has 0 spiro atoms. The molecule has 1 atom stereocenters. The summed E-state index contributed by atoms with van der Waals surface area (Å²) in [7, 11) is 1.84. The Bertz CT molecular complexity index is 835. The molecule has 7 nitrogen and oxygen atoms in total. The third kappa shape index (κ3) is 6.31. The molecule has 0 bridgehead atoms. The van der Waals surface area contributed by atoms with Crippen molar-refractivity contribution < 1.29 is 22.7 Å². The fraction of sp³-hybridized carbons (Fsp3) is 0.450. The summed E-state index contributed by atoms with van der Waals surface area (Å²) >= 11 is 0. The first-order valence-corrected chi connectivity index (χ1v) is 9.65. The van der Waals surface area contributed by atoms with Crippen molar-refractivity contribution in [3.63, 3.8) is 0 Å². The van der Waals surface area contributed by atoms with Crippen LogP contribution in [0.5, 0.6) is 5.75 Å². The van der Waals surface area contributed by atoms with E-state index in [2.05, 4.69) is 25.2 Å². The summed E-state index contributed by atoms with van der Waals surface area (Å²) in [4.78, 5) is 16.4. The van der Waals surface area contributed by atoms with Gasteiger partial charge in [0.15, 0.2) is 5.82 Å². The van der Waals surface area contributed by atoms with Crippen LogP contribution in [0.1, 0.15) is 18.4 Å². The minimum absolute atomic E-state index is 0.0475. The maximum Gasteiger partial charge on any atom is 0.573 e. The molecule has 1 aromatic carbocycles. The van der Waals surface area contributed by atoms with Crippen molar-refractivity contribution in [3.8, 4) is 5.75 Å². The van der Waals surface area contributed by atoms with Gasteiger partial charge in [-0.05, 0) is 38.1 Å². The van der Waals surface area contributed by atoms with E-state index in [1.165, 1.54) is 18.2 Å². The predicted molar refractivity (Wildman–Crippen MR) is 105 cm³/mol. The Kier molecular flexibility index (Phi) is 7.09. The summed E-state index contributed by atoms with van der Waals surface area (Å²) in [5.41, 5.74) is 0.260. The van der Waals surface area contributed by atoms with Gasteiger partial charge in [-0.2, -0.15) is 5.10 Å². The largest absolute Gasteiger partial charge is 0.573 e. The normalized spacial score (nSPS) is 16.7. The molecule has 1 fully saturated rings. The fourth-order valence-electron chi connectivity index (χ4n) is 3.57. The van der Waals surface area contributed by atoms with Gasteiger partial charge in [-0.25, -0.2) is 0 Å². The maximum absolute atomic E-state index is 12.5. The molecule has 1 aromatic heterocycles. The van der Waals surface area contributed by atoms with Gasteiger partial charge in [-0.15, -0.1) is 18.3 Å². The summed E-state index contributed by atoms with van der Waals surface area (Å²) in [5.74, 6) is 0.228. The van der Waals surface area contributed by atoms with Crippen LogP contribution in [0.15, 0.2) is 42.6 Å². The van der Waals surface area contributed by atoms with Gasteiger partial charge >= 0.3 is 6.36 Å². The molecular formula is C20H24F3N5O2. The molecule has 0 radical (unpaired) electrons. The van der Waals surface area contributed by atoms with Gasteiger partial charge in [0.2, 0.25) is 5.91 Å². The lowest BCUT2D eigenvalue weighted by Crippen LogP contribution is -2.43. The number of rotatable bonds is 8. The predicted octanol–water partition coefficient (Wildman–Crippen LogP) is 2.59. The van der Waals surface area contributed by atoms with E-state index in [1.54, 1.807) is 12.3 Å². The number of carbonyl (C=O) groups is 1. The lowest BCUT2D eigenvalue weighted by atomic mass is 10.2. The number of nitrogens with zero attached hydrogens (tertiary/aromatic N) is 4. The molecule has 2 aromatic rings. The molecule has 0 aliphatic carbocycles. The van der Waals surface area contributed by atoms with Crippen LogP contribution in [0.3, 0.4) is 0 Å². The molecule has 1 aliphatic rings. The van der Waals surface area contributed by atoms with Crippen molar-refractivity contribution in [1.29, 1.82) is 0 Å². The number of benzene rings is 1. The third-order valence-electron chi connectivity index (χ3n) is 4.84. The van der Waals surface area contributed by atoms with Gasteiger partial charge < -0.3 is 15.0 Å². The molecule has 1 N–H and O–H groups in total. The van der Waals surface area contributed by atoms with E-state index < -0.39 is 6.36 Å². The van der Waals surface area contributed by atoms with Crippen molar-refractivity contribution in [1.82, 2.24) is 20.4 Å². The Labute approximate surface area is 172 Å². The Morgan fingerprint density at radius 2 is 2.10 bits per heavy atom. The molecule has 1 unspecified atom stereocenters. The van der Waals surface area contributed by atoms with Crippen LogP contribution in [0.4, 0.5) is 19.0 Å². The van der Waals surface area contributed by atoms with Crippen LogP contribution in [0, 0.1) is 0 Å². The van der Waals surface area contributed by atoms with E-state index in [0.29, 0.717) is 6.54 Å². The zero-order valence-electron chi connectivity index (χ0n) is 16.6. The van der Waals surface area contributed by atoms with E-state index in [9.17, 15) is 18.0 Å². The number of hydrogen-bond donors (Lipinski definition) is 1. The highest BCUT2D eigenvalue weighted by molar-refractivity contribution is 5.78. The molecule has 1 amide bonds. The van der Waals surface area contributed by atoms with Crippen molar-refractivity contribution in [2.24, 2.45) is 0 Å². The number of halogens is 3. The standard InChI is InChI=1S/C20H24F3N5O2/c1-27(13-16-7-5-11-28(16)18-9-4-10-25-26-18)14-19(29)24-12-15-6-2-3-8-17(15)30-20(21,22)23/h2-4,6,8-10,16H,5,7,11-14H2,1H3,(H,24,29). The smallest absolute Gasteiger partial charge is 0.405 e. The number of nitrogens with one attached hydrogen (secondary N) is 1. The average Bonchev–Trinajstić information content (AvgIpc) is 3.14. The van der Waals surface area contributed by atoms with E-state index in [4.69, 9.17) is 0 Å². The van der Waals surface area contributed by atoms with Gasteiger partial charge in [-0.1, -0.05) is 18.2 Å². The summed E-state index contributed by atoms with van der Waals surface area (Å²) < 4.78 is 41.5. The van der Waals surface area contributed by atoms with E-state index in [-0.39, 0.29) is 36.4 Å². The average molecular weight is 423 g/mol. The van der Waals surface area contributed by atoms with E-state index in [1.807, 2.05) is 24.1 Å². The first-order chi connectivity index (χ1) is 14.3. The van der Waals surface area contributed by atoms with Crippen LogP contribution in [-0.4, -0.2) is 60.1 Å². The number of para-hydroxylation sites is 1. The van der Waals surface area contributed by atoms with E-state index in [0.717, 1.165) is 25.2 Å². The van der Waals surface area contributed by atoms with Gasteiger partial charge in [0, 0.05) is 37.4 Å². The second-order valence-corrected chi connectivity index (χ2v) is 7.20. The van der Waals surface area contributed by atoms with Crippen molar-refractivity contribution in [2.45, 2.75) is 31.8 Å². The first kappa shape index (κ1) is 21.8. The Balaban J connectivity index is 1.50. The molecule has 3 rings (SSSR count). The fourth-order valence-corrected chi connectivity index (χ4v) is 3.57. The van der Waals surface area contributed by atoms with Gasteiger partial charge in [-0.3, -0.25) is 9.69 Å². The monoisotopic (exact) mass is 423 g/mol. The highest BCUT2D eigenvalue weighted by Crippen LogP contribution is 2.26. The number of alkyl halides is 3. The van der Waals surface area contributed by atoms with Crippen molar-refractivity contribution in [2.75, 3.05) is 31.6 Å². The lowest BCUT2D eigenvalue weighted by molar-refractivity contribution is -0.274. The maximum atomic E-state index is 12.5. The first-order valence-electron chi connectivity index (χ1n) is 9.65. The number of carbonyl (C=O) groups excluding carboxylic acids is 1. The number of likely N-dealkylation sites (N-methyl/N-ethyl adjacent to an activating group) is 1. The molecule has 1 saturated heterocycles. The number of aromatic nitrogens is 2. The number of anilines is 1. The number of hydrogen-bond acceptors (Lipinski definition) is 6. The summed E-state index contributed by atoms with van der Waals surface area (Å²) in [6.07, 6.45) is -1.12. The van der Waals surface area contributed by atoms with Crippen molar-refractivity contribution in [3.05, 3.63) is 48.2 Å². The lowest BCUT2D eigenvalue weighted by Gasteiger charge is -2.29. The molecule has 30 heavy (non-hydrogen) atoms. The topological polar surface area (TPSA) is 70.6 Å². The van der Waals surface area contributed by atoms with Crippen molar-refractivity contribution >= 4 is 11.7 Å². The minimum Gasteiger partial charge on any atom is -0.405 e. The third-order valence-corrected chi connectivity index (χ3v) is 4.84. The molecule has 10 heteroatoms. The number of ether oxygens (including phenoxy) is 1. The van der Waals surface area contributed by atoms with Crippen LogP contribution in [0.2, 0.25) is 0 Å². The zero-order chi connectivity index (χ0) is 21.6. The summed E-state index contributed by atoms with van der Waals surface area (Å²) in [5, 5.41) is 10.7. The Morgan fingerprint density at radius 1 is 1.30 bits per heavy atom. The van der Waals surface area contributed by atoms with Crippen LogP contribution in [0.25, 0.3) is 0 Å². The van der Waals surface area contributed by atoms with E-state index >= 15 is 0 Å². The molecular weight excluding hydrogens is 399 g/mol. The highest BCUT2D eigenvalue weighted by atomic mass is 19.4. The van der Waals surface area contributed by atoms with Gasteiger partial charge in [0.1, 0.15) is 5.75 Å². The molecule has 1 aliphatic heterocycles. The number of amides is 1. The summed E-state index contributed by atoms with van der Waals surface area (Å²) in [6, 6.07) is 9.74. The minimum atomic E-state index is -4.78. The molecule has 0 saturated carbocycles. The quantitative estimate of drug-likeness (QED) is 0.704. The van der Waals surface area contributed by atoms with Crippen LogP contribution in [-0.2, 0) is 11.3 Å². The van der Waals surface area contributed by atoms with Gasteiger partial charge in [0.25, 0.3) is 0 Å². The van der Waals surface area contributed by atoms with Gasteiger partial charge in [0.05, 0.1) is 6.54 Å². The highest BCUT2D eigenvalue weighted by Gasteiger charge is 2.32. The Morgan fingerprint density at radius 3 is 2.83 bits per heavy atom. The molecule has 2 heterocycles. The second-order valence-electron chi connectivity index (χ2n) is 7.20. The SMILES string of the molecule is CN(CC(=O)NCc1ccccc1OC(F)(F)F)CC1CCCN1c1cccnn1. The van der Waals surface area contributed by atoms with Crippen LogP contribution < -0.4 is 15.0 Å². The Hall–Kier alpha value is -2.88. The second kappa shape index (κ2) is 9.75. The molecule has 162 valence electrons.